The van der Waals surface area contributed by atoms with Crippen LogP contribution in [0.15, 0.2) is 0 Å². The van der Waals surface area contributed by atoms with Crippen LogP contribution < -0.4 is 0 Å². The van der Waals surface area contributed by atoms with Crippen LogP contribution >= 0.6 is 7.26 Å². The fourth-order valence-electron chi connectivity index (χ4n) is 3.89. The Morgan fingerprint density at radius 2 is 1.82 bits per heavy atom. The van der Waals surface area contributed by atoms with Crippen LogP contribution in [0.1, 0.15) is 20.8 Å². The van der Waals surface area contributed by atoms with Gasteiger partial charge in [0, 0.05) is 19.1 Å². The average molecular weight is 169 g/mol. The van der Waals surface area contributed by atoms with Crippen LogP contribution in [0.25, 0.3) is 0 Å². The normalized spacial score (nSPS) is 63.0. The molecule has 6 fully saturated rings. The molecule has 6 aliphatic heterocycles. The summed E-state index contributed by atoms with van der Waals surface area (Å²) in [4.78, 5) is 0. The first kappa shape index (κ1) is 6.89. The maximum absolute atomic E-state index is 2.54. The molecule has 0 radical (unpaired) electrons. The monoisotopic (exact) mass is 169 g/mol. The van der Waals surface area contributed by atoms with Gasteiger partial charge < -0.3 is 0 Å². The highest BCUT2D eigenvalue weighted by Crippen LogP contribution is 2.89. The summed E-state index contributed by atoms with van der Waals surface area (Å²) in [6.45, 7) is 7.58. The van der Waals surface area contributed by atoms with E-state index in [1.807, 2.05) is 0 Å². The molecule has 0 saturated carbocycles. The first-order valence-electron chi connectivity index (χ1n) is 4.92. The molecule has 1 spiro atoms. The lowest BCUT2D eigenvalue weighted by Crippen LogP contribution is -2.66. The van der Waals surface area contributed by atoms with E-state index in [1.165, 1.54) is 5.66 Å². The summed E-state index contributed by atoms with van der Waals surface area (Å²) >= 11 is 0. The minimum atomic E-state index is -0.221. The topological polar surface area (TPSA) is 0 Å². The molecule has 3 bridgehead atoms. The van der Waals surface area contributed by atoms with Gasteiger partial charge in [-0.3, -0.25) is 0 Å². The van der Waals surface area contributed by atoms with Crippen molar-refractivity contribution in [2.75, 3.05) is 18.5 Å². The Kier molecular flexibility index (Phi) is 0.974. The van der Waals surface area contributed by atoms with Crippen molar-refractivity contribution in [3.63, 3.8) is 0 Å². The third kappa shape index (κ3) is 0.529. The van der Waals surface area contributed by atoms with Crippen molar-refractivity contribution in [1.29, 1.82) is 0 Å². The molecule has 6 saturated heterocycles. The van der Waals surface area contributed by atoms with Crippen molar-refractivity contribution in [3.8, 4) is 0 Å². The summed E-state index contributed by atoms with van der Waals surface area (Å²) in [5, 5.41) is 0. The van der Waals surface area contributed by atoms with Gasteiger partial charge in [-0.25, -0.2) is 0 Å². The minimum absolute atomic E-state index is 0.221. The van der Waals surface area contributed by atoms with E-state index < -0.39 is 0 Å². The van der Waals surface area contributed by atoms with E-state index in [1.54, 1.807) is 18.5 Å². The molecular weight excluding hydrogens is 151 g/mol. The van der Waals surface area contributed by atoms with Gasteiger partial charge in [-0.05, 0) is 12.3 Å². The predicted octanol–water partition coefficient (Wildman–Crippen LogP) is 2.69. The van der Waals surface area contributed by atoms with Gasteiger partial charge in [0.15, 0.2) is 0 Å². The standard InChI is InChI=1S/C10H18P/c1-7-9-6-11(7)4-8(5-11)10(9,2)3/h7-9H,4-6H2,1-3H3/q+1/t7-,8?,9+,11?/m1/s1. The molecule has 0 aliphatic carbocycles. The van der Waals surface area contributed by atoms with E-state index in [0.29, 0.717) is 0 Å². The van der Waals surface area contributed by atoms with E-state index in [2.05, 4.69) is 20.8 Å². The van der Waals surface area contributed by atoms with Gasteiger partial charge in [0.2, 0.25) is 0 Å². The maximum atomic E-state index is 2.54. The Labute approximate surface area is 70.1 Å². The van der Waals surface area contributed by atoms with Gasteiger partial charge in [-0.1, -0.05) is 13.8 Å². The fourth-order valence-corrected chi connectivity index (χ4v) is 10.2. The average Bonchev–Trinajstić information content (AvgIpc) is 1.79. The molecule has 1 heteroatoms. The maximum Gasteiger partial charge on any atom is 0.0738 e. The largest absolute Gasteiger partial charge is 0.0738 e. The second-order valence-electron chi connectivity index (χ2n) is 5.63. The van der Waals surface area contributed by atoms with Gasteiger partial charge in [0.05, 0.1) is 24.1 Å². The lowest BCUT2D eigenvalue weighted by molar-refractivity contribution is 0.0903. The molecular formula is C10H18P+. The molecule has 0 aromatic heterocycles. The van der Waals surface area contributed by atoms with Gasteiger partial charge in [-0.2, -0.15) is 0 Å². The van der Waals surface area contributed by atoms with Crippen molar-refractivity contribution in [1.82, 2.24) is 0 Å². The molecule has 0 aromatic carbocycles. The van der Waals surface area contributed by atoms with Crippen molar-refractivity contribution >= 4 is 7.26 Å². The van der Waals surface area contributed by atoms with Gasteiger partial charge in [0.1, 0.15) is 0 Å². The van der Waals surface area contributed by atoms with E-state index in [4.69, 9.17) is 0 Å². The summed E-state index contributed by atoms with van der Waals surface area (Å²) in [5.74, 6) is 2.27. The van der Waals surface area contributed by atoms with Gasteiger partial charge >= 0.3 is 0 Å². The molecule has 62 valence electrons. The zero-order valence-corrected chi connectivity index (χ0v) is 8.70. The number of hydrogen-bond donors (Lipinski definition) is 0. The van der Waals surface area contributed by atoms with Crippen LogP contribution in [-0.4, -0.2) is 24.1 Å². The lowest BCUT2D eigenvalue weighted by Gasteiger charge is -2.69. The van der Waals surface area contributed by atoms with Crippen LogP contribution in [0.5, 0.6) is 0 Å². The van der Waals surface area contributed by atoms with Crippen LogP contribution in [0.3, 0.4) is 0 Å². The van der Waals surface area contributed by atoms with Crippen molar-refractivity contribution in [2.24, 2.45) is 17.3 Å². The highest BCUT2D eigenvalue weighted by atomic mass is 31.2. The highest BCUT2D eigenvalue weighted by molar-refractivity contribution is 7.79. The first-order valence-corrected chi connectivity index (χ1v) is 7.33. The van der Waals surface area contributed by atoms with Crippen molar-refractivity contribution < 1.29 is 0 Å². The molecule has 0 amide bonds. The number of hydrogen-bond acceptors (Lipinski definition) is 0. The Hall–Kier alpha value is 0.430. The van der Waals surface area contributed by atoms with Gasteiger partial charge in [-0.15, -0.1) is 0 Å². The van der Waals surface area contributed by atoms with Crippen LogP contribution in [0.4, 0.5) is 0 Å². The molecule has 0 aromatic rings. The second-order valence-corrected chi connectivity index (χ2v) is 9.98. The molecule has 6 heterocycles. The molecule has 6 aliphatic rings. The smallest absolute Gasteiger partial charge is 0.0588 e. The SMILES string of the molecule is C[C@@H]1[C@@H]2C[P+]13CC(C3)C2(C)C. The molecule has 0 nitrogen and oxygen atoms in total. The Morgan fingerprint density at radius 3 is 2.09 bits per heavy atom. The summed E-state index contributed by atoms with van der Waals surface area (Å²) in [7, 11) is -0.221. The Bertz CT molecular complexity index is 207. The molecule has 0 unspecified atom stereocenters. The molecule has 2 atom stereocenters. The van der Waals surface area contributed by atoms with Crippen LogP contribution in [0.2, 0.25) is 0 Å². The van der Waals surface area contributed by atoms with E-state index in [-0.39, 0.29) is 7.26 Å². The second kappa shape index (κ2) is 1.55. The molecule has 11 heavy (non-hydrogen) atoms. The summed E-state index contributed by atoms with van der Waals surface area (Å²) in [5.41, 5.74) is 1.89. The zero-order valence-electron chi connectivity index (χ0n) is 7.80. The van der Waals surface area contributed by atoms with E-state index in [9.17, 15) is 0 Å². The zero-order chi connectivity index (χ0) is 7.85. The minimum Gasteiger partial charge on any atom is -0.0588 e. The quantitative estimate of drug-likeness (QED) is 0.489. The summed E-state index contributed by atoms with van der Waals surface area (Å²) in [6.07, 6.45) is 5.03. The van der Waals surface area contributed by atoms with E-state index in [0.717, 1.165) is 17.3 Å². The molecule has 6 rings (SSSR count). The summed E-state index contributed by atoms with van der Waals surface area (Å²) < 4.78 is 0. The first-order chi connectivity index (χ1) is 5.06. The lowest BCUT2D eigenvalue weighted by atomic mass is 9.67. The Morgan fingerprint density at radius 1 is 1.18 bits per heavy atom. The summed E-state index contributed by atoms with van der Waals surface area (Å²) in [6, 6.07) is 0. The van der Waals surface area contributed by atoms with Crippen molar-refractivity contribution in [3.05, 3.63) is 0 Å². The third-order valence-electron chi connectivity index (χ3n) is 5.18. The Balaban J connectivity index is 2.01. The fraction of sp³-hybridized carbons (Fsp3) is 1.00. The molecule has 0 N–H and O–H groups in total. The van der Waals surface area contributed by atoms with Crippen LogP contribution in [0, 0.1) is 17.3 Å². The number of rotatable bonds is 0. The third-order valence-corrected chi connectivity index (χ3v) is 10.7. The van der Waals surface area contributed by atoms with Crippen LogP contribution in [-0.2, 0) is 0 Å². The highest BCUT2D eigenvalue weighted by Gasteiger charge is 2.77. The van der Waals surface area contributed by atoms with E-state index >= 15 is 0 Å². The van der Waals surface area contributed by atoms with Gasteiger partial charge in [0.25, 0.3) is 0 Å². The van der Waals surface area contributed by atoms with Crippen molar-refractivity contribution in [2.45, 2.75) is 26.4 Å². The predicted molar refractivity (Wildman–Crippen MR) is 51.7 cm³/mol.